The van der Waals surface area contributed by atoms with Crippen molar-refractivity contribution in [2.24, 2.45) is 0 Å². The summed E-state index contributed by atoms with van der Waals surface area (Å²) in [6, 6.07) is 4.80. The first-order valence-electron chi connectivity index (χ1n) is 7.71. The quantitative estimate of drug-likeness (QED) is 0.797. The third-order valence-corrected chi connectivity index (χ3v) is 4.93. The van der Waals surface area contributed by atoms with Gasteiger partial charge in [-0.05, 0) is 42.8 Å². The predicted molar refractivity (Wildman–Crippen MR) is 92.8 cm³/mol. The van der Waals surface area contributed by atoms with E-state index in [0.29, 0.717) is 12.6 Å². The number of halogens is 1. The van der Waals surface area contributed by atoms with Crippen LogP contribution in [-0.4, -0.2) is 17.8 Å². The first-order chi connectivity index (χ1) is 10.2. The van der Waals surface area contributed by atoms with E-state index < -0.39 is 0 Å². The Labute approximate surface area is 140 Å². The molecular formula is C16H21BrN2OS. The van der Waals surface area contributed by atoms with Crippen molar-refractivity contribution in [1.82, 2.24) is 10.6 Å². The van der Waals surface area contributed by atoms with Gasteiger partial charge in [0.15, 0.2) is 5.11 Å². The predicted octanol–water partition coefficient (Wildman–Crippen LogP) is 3.68. The Kier molecular flexibility index (Phi) is 5.01. The number of rotatable bonds is 3. The molecule has 2 aliphatic rings. The molecule has 2 N–H and O–H groups in total. The van der Waals surface area contributed by atoms with Crippen LogP contribution in [0.1, 0.15) is 43.2 Å². The lowest BCUT2D eigenvalue weighted by atomic mass is 9.96. The fourth-order valence-corrected chi connectivity index (χ4v) is 3.93. The molecule has 114 valence electrons. The topological polar surface area (TPSA) is 33.3 Å². The lowest BCUT2D eigenvalue weighted by molar-refractivity contribution is 0.353. The van der Waals surface area contributed by atoms with Gasteiger partial charge in [0, 0.05) is 29.0 Å². The second-order valence-corrected chi connectivity index (χ2v) is 7.14. The molecule has 1 saturated carbocycles. The van der Waals surface area contributed by atoms with E-state index in [4.69, 9.17) is 17.0 Å². The molecule has 1 aromatic carbocycles. The fraction of sp³-hybridized carbons (Fsp3) is 0.562. The number of benzene rings is 1. The smallest absolute Gasteiger partial charge is 0.166 e. The van der Waals surface area contributed by atoms with Crippen molar-refractivity contribution in [3.8, 4) is 5.75 Å². The van der Waals surface area contributed by atoms with Crippen LogP contribution < -0.4 is 15.4 Å². The average molecular weight is 369 g/mol. The van der Waals surface area contributed by atoms with Crippen LogP contribution >= 0.6 is 28.1 Å². The maximum absolute atomic E-state index is 5.74. The van der Waals surface area contributed by atoms with Crippen molar-refractivity contribution in [2.45, 2.75) is 51.1 Å². The highest BCUT2D eigenvalue weighted by molar-refractivity contribution is 9.10. The van der Waals surface area contributed by atoms with Gasteiger partial charge < -0.3 is 15.4 Å². The average Bonchev–Trinajstić information content (AvgIpc) is 2.94. The van der Waals surface area contributed by atoms with E-state index in [-0.39, 0.29) is 0 Å². The Morgan fingerprint density at radius 2 is 2.10 bits per heavy atom. The molecule has 0 atom stereocenters. The zero-order valence-electron chi connectivity index (χ0n) is 12.1. The van der Waals surface area contributed by atoms with Gasteiger partial charge in [-0.1, -0.05) is 35.2 Å². The molecule has 1 aliphatic carbocycles. The summed E-state index contributed by atoms with van der Waals surface area (Å²) >= 11 is 8.99. The number of hydrogen-bond acceptors (Lipinski definition) is 2. The van der Waals surface area contributed by atoms with E-state index in [1.54, 1.807) is 0 Å². The van der Waals surface area contributed by atoms with Crippen molar-refractivity contribution in [2.75, 3.05) is 6.61 Å². The zero-order valence-corrected chi connectivity index (χ0v) is 14.5. The maximum Gasteiger partial charge on any atom is 0.166 e. The summed E-state index contributed by atoms with van der Waals surface area (Å²) < 4.78 is 6.85. The maximum atomic E-state index is 5.74. The minimum atomic E-state index is 0.545. The van der Waals surface area contributed by atoms with Crippen molar-refractivity contribution < 1.29 is 4.74 Å². The van der Waals surface area contributed by atoms with Gasteiger partial charge in [-0.2, -0.15) is 0 Å². The Morgan fingerprint density at radius 1 is 1.29 bits per heavy atom. The van der Waals surface area contributed by atoms with Gasteiger partial charge in [-0.25, -0.2) is 0 Å². The van der Waals surface area contributed by atoms with Gasteiger partial charge in [0.2, 0.25) is 0 Å². The Bertz CT molecular complexity index is 529. The van der Waals surface area contributed by atoms with Gasteiger partial charge in [0.25, 0.3) is 0 Å². The fourth-order valence-electron chi connectivity index (χ4n) is 3.14. The summed E-state index contributed by atoms with van der Waals surface area (Å²) in [5.41, 5.74) is 2.46. The second-order valence-electron chi connectivity index (χ2n) is 5.81. The SMILES string of the molecule is S=C(NCc1cc(Br)cc2c1OCC2)NC1CCCCC1. The summed E-state index contributed by atoms with van der Waals surface area (Å²) in [5, 5.41) is 7.52. The van der Waals surface area contributed by atoms with Crippen LogP contribution in [0.2, 0.25) is 0 Å². The minimum Gasteiger partial charge on any atom is -0.493 e. The van der Waals surface area contributed by atoms with Gasteiger partial charge in [-0.15, -0.1) is 0 Å². The molecule has 21 heavy (non-hydrogen) atoms. The Morgan fingerprint density at radius 3 is 2.90 bits per heavy atom. The summed E-state index contributed by atoms with van der Waals surface area (Å²) in [4.78, 5) is 0. The number of ether oxygens (including phenoxy) is 1. The number of nitrogens with one attached hydrogen (secondary N) is 2. The molecule has 0 spiro atoms. The van der Waals surface area contributed by atoms with Crippen LogP contribution in [0, 0.1) is 0 Å². The van der Waals surface area contributed by atoms with E-state index in [2.05, 4.69) is 38.7 Å². The normalized spacial score (nSPS) is 18.0. The van der Waals surface area contributed by atoms with Crippen LogP contribution in [0.25, 0.3) is 0 Å². The molecule has 1 aromatic rings. The lowest BCUT2D eigenvalue weighted by Gasteiger charge is -2.24. The zero-order chi connectivity index (χ0) is 14.7. The van der Waals surface area contributed by atoms with Crippen molar-refractivity contribution >= 4 is 33.3 Å². The molecule has 1 fully saturated rings. The van der Waals surface area contributed by atoms with Gasteiger partial charge in [-0.3, -0.25) is 0 Å². The molecule has 1 heterocycles. The molecule has 0 aromatic heterocycles. The van der Waals surface area contributed by atoms with Crippen molar-refractivity contribution in [3.05, 3.63) is 27.7 Å². The van der Waals surface area contributed by atoms with Crippen LogP contribution in [0.5, 0.6) is 5.75 Å². The Balaban J connectivity index is 1.56. The van der Waals surface area contributed by atoms with Gasteiger partial charge in [0.1, 0.15) is 5.75 Å². The van der Waals surface area contributed by atoms with E-state index in [1.807, 2.05) is 0 Å². The van der Waals surface area contributed by atoms with Crippen LogP contribution in [-0.2, 0) is 13.0 Å². The van der Waals surface area contributed by atoms with Crippen LogP contribution in [0.3, 0.4) is 0 Å². The first kappa shape index (κ1) is 15.1. The molecule has 0 bridgehead atoms. The van der Waals surface area contributed by atoms with Crippen molar-refractivity contribution in [3.63, 3.8) is 0 Å². The van der Waals surface area contributed by atoms with E-state index in [1.165, 1.54) is 43.2 Å². The number of hydrogen-bond donors (Lipinski definition) is 2. The third-order valence-electron chi connectivity index (χ3n) is 4.21. The molecule has 0 amide bonds. The number of thiocarbonyl (C=S) groups is 1. The highest BCUT2D eigenvalue weighted by atomic mass is 79.9. The molecule has 5 heteroatoms. The van der Waals surface area contributed by atoms with E-state index in [0.717, 1.165) is 28.4 Å². The molecular weight excluding hydrogens is 348 g/mol. The lowest BCUT2D eigenvalue weighted by Crippen LogP contribution is -2.42. The Hall–Kier alpha value is -0.810. The molecule has 3 rings (SSSR count). The summed E-state index contributed by atoms with van der Waals surface area (Å²) in [6.45, 7) is 1.49. The molecule has 3 nitrogen and oxygen atoms in total. The molecule has 0 unspecified atom stereocenters. The van der Waals surface area contributed by atoms with Crippen LogP contribution in [0.15, 0.2) is 16.6 Å². The van der Waals surface area contributed by atoms with Gasteiger partial charge >= 0.3 is 0 Å². The highest BCUT2D eigenvalue weighted by Gasteiger charge is 2.18. The highest BCUT2D eigenvalue weighted by Crippen LogP contribution is 2.32. The third kappa shape index (κ3) is 3.89. The summed E-state index contributed by atoms with van der Waals surface area (Å²) in [5.74, 6) is 1.03. The summed E-state index contributed by atoms with van der Waals surface area (Å²) in [6.07, 6.45) is 7.45. The molecule has 1 aliphatic heterocycles. The standard InChI is InChI=1S/C16H21BrN2OS/c17-13-8-11-6-7-20-15(11)12(9-13)10-18-16(21)19-14-4-2-1-3-5-14/h8-9,14H,1-7,10H2,(H2,18,19,21). The molecule has 0 saturated heterocycles. The largest absolute Gasteiger partial charge is 0.493 e. The minimum absolute atomic E-state index is 0.545. The number of fused-ring (bicyclic) bond motifs is 1. The summed E-state index contributed by atoms with van der Waals surface area (Å²) in [7, 11) is 0. The monoisotopic (exact) mass is 368 g/mol. The van der Waals surface area contributed by atoms with E-state index >= 15 is 0 Å². The van der Waals surface area contributed by atoms with E-state index in [9.17, 15) is 0 Å². The van der Waals surface area contributed by atoms with Gasteiger partial charge in [0.05, 0.1) is 6.61 Å². The molecule has 0 radical (unpaired) electrons. The van der Waals surface area contributed by atoms with Crippen LogP contribution in [0.4, 0.5) is 0 Å². The first-order valence-corrected chi connectivity index (χ1v) is 8.91. The van der Waals surface area contributed by atoms with Crippen molar-refractivity contribution in [1.29, 1.82) is 0 Å². The second kappa shape index (κ2) is 6.97.